The summed E-state index contributed by atoms with van der Waals surface area (Å²) >= 11 is 0. The lowest BCUT2D eigenvalue weighted by Crippen LogP contribution is -1.94. The van der Waals surface area contributed by atoms with E-state index in [-0.39, 0.29) is 5.75 Å². The molecule has 0 fully saturated rings. The number of furan rings is 1. The zero-order valence-electron chi connectivity index (χ0n) is 31.8. The zero-order valence-corrected chi connectivity index (χ0v) is 31.8. The van der Waals surface area contributed by atoms with E-state index >= 15 is 0 Å². The predicted octanol–water partition coefficient (Wildman–Crippen LogP) is 14.5. The van der Waals surface area contributed by atoms with Gasteiger partial charge in [0.2, 0.25) is 0 Å². The molecule has 0 unspecified atom stereocenters. The molecule has 0 atom stereocenters. The van der Waals surface area contributed by atoms with Gasteiger partial charge in [-0.3, -0.25) is 0 Å². The maximum absolute atomic E-state index is 10.6. The predicted molar refractivity (Wildman–Crippen MR) is 245 cm³/mol. The van der Waals surface area contributed by atoms with Crippen molar-refractivity contribution >= 4 is 87.4 Å². The number of phenolic OH excluding ortho intramolecular Hbond substituents is 1. The van der Waals surface area contributed by atoms with Gasteiger partial charge in [-0.05, 0) is 84.4 Å². The molecule has 0 aliphatic carbocycles. The maximum Gasteiger partial charge on any atom is 0.145 e. The molecule has 59 heavy (non-hydrogen) atoms. The Bertz CT molecular complexity index is 3660. The Labute approximate surface area is 338 Å². The number of phenols is 1. The fourth-order valence-corrected chi connectivity index (χ4v) is 9.22. The summed E-state index contributed by atoms with van der Waals surface area (Å²) in [5, 5.41) is 20.1. The van der Waals surface area contributed by atoms with Gasteiger partial charge in [0.25, 0.3) is 0 Å². The number of aromatic hydroxyl groups is 1. The van der Waals surface area contributed by atoms with E-state index in [0.717, 1.165) is 66.2 Å². The molecule has 0 spiro atoms. The summed E-state index contributed by atoms with van der Waals surface area (Å²) in [6.07, 6.45) is 0. The number of para-hydroxylation sites is 6. The van der Waals surface area contributed by atoms with E-state index in [9.17, 15) is 5.11 Å². The molecule has 0 saturated heterocycles. The van der Waals surface area contributed by atoms with Crippen LogP contribution in [0.4, 0.5) is 0 Å². The van der Waals surface area contributed by atoms with Crippen LogP contribution in [0.15, 0.2) is 205 Å². The van der Waals surface area contributed by atoms with Crippen LogP contribution in [-0.4, -0.2) is 19.2 Å². The molecule has 13 aromatic rings. The topological polar surface area (TPSA) is 59.0 Å². The molecule has 278 valence electrons. The van der Waals surface area contributed by atoms with Crippen LogP contribution in [0.5, 0.6) is 5.75 Å². The smallest absolute Gasteiger partial charge is 0.145 e. The summed E-state index contributed by atoms with van der Waals surface area (Å²) in [5.74, 6) is 0.270. The molecule has 2 N–H and O–H groups in total. The third kappa shape index (κ3) is 5.12. The second-order valence-corrected chi connectivity index (χ2v) is 15.1. The highest BCUT2D eigenvalue weighted by Crippen LogP contribution is 2.42. The Morgan fingerprint density at radius 3 is 1.64 bits per heavy atom. The molecule has 0 aliphatic heterocycles. The van der Waals surface area contributed by atoms with Crippen LogP contribution in [0.3, 0.4) is 0 Å². The van der Waals surface area contributed by atoms with Gasteiger partial charge in [0.15, 0.2) is 0 Å². The Balaban J connectivity index is 0.000000245. The number of aromatic amines is 1. The first-order valence-corrected chi connectivity index (χ1v) is 19.9. The van der Waals surface area contributed by atoms with Gasteiger partial charge in [0.1, 0.15) is 16.9 Å². The van der Waals surface area contributed by atoms with Gasteiger partial charge in [-0.1, -0.05) is 121 Å². The molecule has 13 rings (SSSR count). The molecule has 9 aromatic carbocycles. The first-order valence-electron chi connectivity index (χ1n) is 19.9. The van der Waals surface area contributed by atoms with Crippen molar-refractivity contribution in [2.24, 2.45) is 0 Å². The second kappa shape index (κ2) is 13.0. The Hall–Kier alpha value is -8.02. The second-order valence-electron chi connectivity index (χ2n) is 15.1. The van der Waals surface area contributed by atoms with Crippen molar-refractivity contribution < 1.29 is 9.52 Å². The molecule has 0 amide bonds. The van der Waals surface area contributed by atoms with Crippen LogP contribution < -0.4 is 0 Å². The van der Waals surface area contributed by atoms with E-state index in [0.29, 0.717) is 0 Å². The minimum atomic E-state index is 0.270. The van der Waals surface area contributed by atoms with Gasteiger partial charge in [-0.15, -0.1) is 0 Å². The van der Waals surface area contributed by atoms with Gasteiger partial charge in [-0.2, -0.15) is 0 Å². The van der Waals surface area contributed by atoms with Crippen molar-refractivity contribution in [3.63, 3.8) is 0 Å². The lowest BCUT2D eigenvalue weighted by atomic mass is 10.0. The minimum absolute atomic E-state index is 0.270. The highest BCUT2D eigenvalue weighted by Gasteiger charge is 2.20. The number of hydrogen-bond acceptors (Lipinski definition) is 2. The Morgan fingerprint density at radius 1 is 0.390 bits per heavy atom. The molecule has 0 saturated carbocycles. The van der Waals surface area contributed by atoms with Gasteiger partial charge < -0.3 is 23.6 Å². The number of aromatic nitrogens is 3. The largest absolute Gasteiger partial charge is 0.507 e. The van der Waals surface area contributed by atoms with Crippen molar-refractivity contribution in [3.8, 4) is 28.3 Å². The van der Waals surface area contributed by atoms with Crippen LogP contribution in [0.25, 0.3) is 110 Å². The van der Waals surface area contributed by atoms with E-state index in [1.165, 1.54) is 43.6 Å². The quantitative estimate of drug-likeness (QED) is 0.189. The van der Waals surface area contributed by atoms with E-state index in [2.05, 4.69) is 178 Å². The van der Waals surface area contributed by atoms with Gasteiger partial charge >= 0.3 is 0 Å². The normalized spacial score (nSPS) is 11.8. The van der Waals surface area contributed by atoms with Crippen LogP contribution in [0.1, 0.15) is 0 Å². The van der Waals surface area contributed by atoms with E-state index in [4.69, 9.17) is 4.42 Å². The summed E-state index contributed by atoms with van der Waals surface area (Å²) < 4.78 is 11.4. The number of fused-ring (bicyclic) bond motifs is 13. The third-order valence-corrected chi connectivity index (χ3v) is 11.8. The number of benzene rings is 9. The Kier molecular flexibility index (Phi) is 7.31. The average molecular weight is 758 g/mol. The summed E-state index contributed by atoms with van der Waals surface area (Å²) in [7, 11) is 0. The van der Waals surface area contributed by atoms with Crippen molar-refractivity contribution in [1.29, 1.82) is 0 Å². The van der Waals surface area contributed by atoms with Crippen molar-refractivity contribution in [2.75, 3.05) is 0 Å². The first kappa shape index (κ1) is 33.2. The van der Waals surface area contributed by atoms with Gasteiger partial charge in [0, 0.05) is 65.7 Å². The molecule has 5 nitrogen and oxygen atoms in total. The van der Waals surface area contributed by atoms with Crippen LogP contribution >= 0.6 is 0 Å². The van der Waals surface area contributed by atoms with Crippen molar-refractivity contribution in [2.45, 2.75) is 0 Å². The summed E-state index contributed by atoms with van der Waals surface area (Å²) in [4.78, 5) is 3.38. The molecular formula is C54H35N3O2. The molecule has 4 aromatic heterocycles. The number of hydrogen-bond donors (Lipinski definition) is 2. The zero-order chi connectivity index (χ0) is 39.0. The lowest BCUT2D eigenvalue weighted by molar-refractivity contribution is 0.477. The lowest BCUT2D eigenvalue weighted by Gasteiger charge is -2.11. The maximum atomic E-state index is 10.6. The van der Waals surface area contributed by atoms with Gasteiger partial charge in [-0.25, -0.2) is 0 Å². The number of rotatable bonds is 3. The SMILES string of the molecule is Oc1ccccc1-c1cccc(-n2c3ccccc3c3c4oc5ccc(-n6c7ccccc7c7ccccc76)cc5c4ccc32)c1.c1ccc2c(c1)[nH]c1ccccc12. The summed E-state index contributed by atoms with van der Waals surface area (Å²) in [6, 6.07) is 69.3. The van der Waals surface area contributed by atoms with Crippen LogP contribution in [0, 0.1) is 0 Å². The molecule has 0 bridgehead atoms. The van der Waals surface area contributed by atoms with E-state index in [1.54, 1.807) is 6.07 Å². The molecule has 0 radical (unpaired) electrons. The molecule has 4 heterocycles. The van der Waals surface area contributed by atoms with Crippen molar-refractivity contribution in [3.05, 3.63) is 200 Å². The monoisotopic (exact) mass is 757 g/mol. The third-order valence-electron chi connectivity index (χ3n) is 11.8. The first-order chi connectivity index (χ1) is 29.2. The average Bonchev–Trinajstić information content (AvgIpc) is 4.04. The van der Waals surface area contributed by atoms with Crippen molar-refractivity contribution in [1.82, 2.24) is 14.1 Å². The van der Waals surface area contributed by atoms with Crippen LogP contribution in [-0.2, 0) is 0 Å². The molecule has 5 heteroatoms. The fourth-order valence-electron chi connectivity index (χ4n) is 9.22. The highest BCUT2D eigenvalue weighted by molar-refractivity contribution is 6.24. The summed E-state index contributed by atoms with van der Waals surface area (Å²) in [5.41, 5.74) is 12.6. The van der Waals surface area contributed by atoms with Gasteiger partial charge in [0.05, 0.1) is 27.5 Å². The summed E-state index contributed by atoms with van der Waals surface area (Å²) in [6.45, 7) is 0. The number of nitrogens with zero attached hydrogens (tertiary/aromatic N) is 2. The van der Waals surface area contributed by atoms with Crippen LogP contribution in [0.2, 0.25) is 0 Å². The molecular weight excluding hydrogens is 723 g/mol. The minimum Gasteiger partial charge on any atom is -0.507 e. The number of nitrogens with one attached hydrogen (secondary N) is 1. The highest BCUT2D eigenvalue weighted by atomic mass is 16.3. The number of H-pyrrole nitrogens is 1. The fraction of sp³-hybridized carbons (Fsp3) is 0. The van der Waals surface area contributed by atoms with E-state index < -0.39 is 0 Å². The van der Waals surface area contributed by atoms with E-state index in [1.807, 2.05) is 30.3 Å². The Morgan fingerprint density at radius 2 is 0.949 bits per heavy atom. The standard InChI is InChI=1S/C42H26N2O2.C12H9N/c45-39-19-8-4-12-29(39)26-10-9-11-27(24-26)44-37-18-7-3-15-33(37)41-38(44)22-21-32-34-25-28(20-23-40(34)46-42(32)41)43-35-16-5-1-13-30(35)31-14-2-6-17-36(31)43;1-3-7-11-9(5-1)10-6-2-4-8-12(10)13-11/h1-25,45H;1-8,13H. The molecule has 0 aliphatic rings.